The zero-order chi connectivity index (χ0) is 15.5. The molecule has 0 aliphatic carbocycles. The molecule has 2 N–H and O–H groups in total. The van der Waals surface area contributed by atoms with E-state index in [1.807, 2.05) is 7.05 Å². The van der Waals surface area contributed by atoms with Gasteiger partial charge in [-0.25, -0.2) is 4.39 Å². The largest absolute Gasteiger partial charge is 0.334 e. The second-order valence-electron chi connectivity index (χ2n) is 6.06. The van der Waals surface area contributed by atoms with Crippen molar-refractivity contribution in [1.29, 1.82) is 0 Å². The van der Waals surface area contributed by atoms with E-state index in [0.29, 0.717) is 30.4 Å². The smallest absolute Gasteiger partial charge is 0.257 e. The van der Waals surface area contributed by atoms with Crippen LogP contribution in [0.15, 0.2) is 28.8 Å². The van der Waals surface area contributed by atoms with Crippen molar-refractivity contribution in [3.05, 3.63) is 35.9 Å². The highest BCUT2D eigenvalue weighted by Crippen LogP contribution is 2.19. The van der Waals surface area contributed by atoms with Gasteiger partial charge in [0.05, 0.1) is 6.54 Å². The molecule has 114 valence electrons. The number of hydrogen-bond donors (Lipinski definition) is 1. The molecule has 2 rings (SSSR count). The van der Waals surface area contributed by atoms with Crippen molar-refractivity contribution in [2.45, 2.75) is 20.4 Å². The Hall–Kier alpha value is -1.79. The van der Waals surface area contributed by atoms with E-state index in [1.54, 1.807) is 12.1 Å². The summed E-state index contributed by atoms with van der Waals surface area (Å²) in [6.07, 6.45) is 0. The van der Waals surface area contributed by atoms with Crippen molar-refractivity contribution >= 4 is 0 Å². The van der Waals surface area contributed by atoms with Gasteiger partial charge in [0.15, 0.2) is 5.82 Å². The summed E-state index contributed by atoms with van der Waals surface area (Å²) in [6, 6.07) is 5.98. The Morgan fingerprint density at radius 2 is 1.95 bits per heavy atom. The van der Waals surface area contributed by atoms with Gasteiger partial charge in [0.25, 0.3) is 5.89 Å². The summed E-state index contributed by atoms with van der Waals surface area (Å²) in [7, 11) is 1.99. The van der Waals surface area contributed by atoms with Gasteiger partial charge in [0.1, 0.15) is 5.82 Å². The molecule has 2 aromatic rings. The van der Waals surface area contributed by atoms with Crippen LogP contribution in [0.5, 0.6) is 0 Å². The number of halogens is 1. The van der Waals surface area contributed by atoms with E-state index in [1.165, 1.54) is 12.1 Å². The molecule has 1 aromatic heterocycles. The van der Waals surface area contributed by atoms with Gasteiger partial charge >= 0.3 is 0 Å². The predicted molar refractivity (Wildman–Crippen MR) is 78.9 cm³/mol. The lowest BCUT2D eigenvalue weighted by molar-refractivity contribution is 0.204. The second kappa shape index (κ2) is 6.32. The van der Waals surface area contributed by atoms with Crippen molar-refractivity contribution in [2.75, 3.05) is 20.1 Å². The molecule has 0 saturated carbocycles. The first-order valence-electron chi connectivity index (χ1n) is 6.87. The van der Waals surface area contributed by atoms with Crippen LogP contribution < -0.4 is 5.73 Å². The monoisotopic (exact) mass is 292 g/mol. The third-order valence-electron chi connectivity index (χ3n) is 3.22. The minimum absolute atomic E-state index is 0.0400. The van der Waals surface area contributed by atoms with Gasteiger partial charge in [-0.05, 0) is 43.3 Å². The Labute approximate surface area is 123 Å². The fourth-order valence-electron chi connectivity index (χ4n) is 2.12. The van der Waals surface area contributed by atoms with Gasteiger partial charge in [-0.15, -0.1) is 0 Å². The summed E-state index contributed by atoms with van der Waals surface area (Å²) in [5.41, 5.74) is 6.48. The van der Waals surface area contributed by atoms with Gasteiger partial charge in [-0.1, -0.05) is 19.0 Å². The van der Waals surface area contributed by atoms with Crippen LogP contribution in [0.4, 0.5) is 4.39 Å². The average molecular weight is 292 g/mol. The first-order valence-corrected chi connectivity index (χ1v) is 6.87. The summed E-state index contributed by atoms with van der Waals surface area (Å²) in [6.45, 7) is 6.26. The first kappa shape index (κ1) is 15.6. The molecule has 0 aliphatic rings. The summed E-state index contributed by atoms with van der Waals surface area (Å²) in [5.74, 6) is 0.711. The number of hydrogen-bond acceptors (Lipinski definition) is 5. The Morgan fingerprint density at radius 3 is 2.57 bits per heavy atom. The zero-order valence-corrected chi connectivity index (χ0v) is 12.6. The predicted octanol–water partition coefficient (Wildman–Crippen LogP) is 2.29. The maximum Gasteiger partial charge on any atom is 0.257 e. The van der Waals surface area contributed by atoms with Gasteiger partial charge in [-0.3, -0.25) is 4.90 Å². The molecular formula is C15H21FN4O. The third-order valence-corrected chi connectivity index (χ3v) is 3.22. The molecule has 0 bridgehead atoms. The molecular weight excluding hydrogens is 271 g/mol. The highest BCUT2D eigenvalue weighted by molar-refractivity contribution is 5.52. The Morgan fingerprint density at radius 1 is 1.29 bits per heavy atom. The lowest BCUT2D eigenvalue weighted by Gasteiger charge is -2.28. The number of aromatic nitrogens is 2. The number of rotatable bonds is 6. The lowest BCUT2D eigenvalue weighted by Crippen LogP contribution is -2.36. The SMILES string of the molecule is CN(Cc1noc(-c2ccc(F)cc2)n1)CC(C)(C)CN. The topological polar surface area (TPSA) is 68.2 Å². The quantitative estimate of drug-likeness (QED) is 0.884. The summed E-state index contributed by atoms with van der Waals surface area (Å²) >= 11 is 0. The number of nitrogens with zero attached hydrogens (tertiary/aromatic N) is 3. The second-order valence-corrected chi connectivity index (χ2v) is 6.06. The standard InChI is InChI=1S/C15H21FN4O/c1-15(2,9-17)10-20(3)8-13-18-14(21-19-13)11-4-6-12(16)7-5-11/h4-7H,8-10,17H2,1-3H3. The van der Waals surface area contributed by atoms with E-state index in [0.717, 1.165) is 6.54 Å². The minimum atomic E-state index is -0.290. The molecule has 5 nitrogen and oxygen atoms in total. The summed E-state index contributed by atoms with van der Waals surface area (Å²) in [5, 5.41) is 3.96. The van der Waals surface area contributed by atoms with Crippen LogP contribution in [0.2, 0.25) is 0 Å². The molecule has 1 aromatic carbocycles. The van der Waals surface area contributed by atoms with Gasteiger partial charge in [0, 0.05) is 12.1 Å². The molecule has 21 heavy (non-hydrogen) atoms. The van der Waals surface area contributed by atoms with Crippen molar-refractivity contribution in [3.63, 3.8) is 0 Å². The molecule has 0 amide bonds. The maximum absolute atomic E-state index is 12.9. The van der Waals surface area contributed by atoms with Crippen molar-refractivity contribution < 1.29 is 8.91 Å². The van der Waals surface area contributed by atoms with Crippen molar-refractivity contribution in [3.8, 4) is 11.5 Å². The molecule has 6 heteroatoms. The molecule has 0 radical (unpaired) electrons. The molecule has 0 atom stereocenters. The van der Waals surface area contributed by atoms with Crippen LogP contribution in [-0.2, 0) is 6.54 Å². The third kappa shape index (κ3) is 4.34. The van der Waals surface area contributed by atoms with Gasteiger partial charge in [0.2, 0.25) is 0 Å². The highest BCUT2D eigenvalue weighted by Gasteiger charge is 2.19. The molecule has 0 saturated heterocycles. The van der Waals surface area contributed by atoms with Crippen LogP contribution in [0.1, 0.15) is 19.7 Å². The van der Waals surface area contributed by atoms with Crippen LogP contribution in [0, 0.1) is 11.2 Å². The zero-order valence-electron chi connectivity index (χ0n) is 12.6. The van der Waals surface area contributed by atoms with E-state index >= 15 is 0 Å². The van der Waals surface area contributed by atoms with Gasteiger partial charge in [-0.2, -0.15) is 4.98 Å². The minimum Gasteiger partial charge on any atom is -0.334 e. The highest BCUT2D eigenvalue weighted by atomic mass is 19.1. The van der Waals surface area contributed by atoms with Crippen LogP contribution in [0.25, 0.3) is 11.5 Å². The Balaban J connectivity index is 2.01. The van der Waals surface area contributed by atoms with E-state index < -0.39 is 0 Å². The average Bonchev–Trinajstić information content (AvgIpc) is 2.87. The van der Waals surface area contributed by atoms with E-state index in [-0.39, 0.29) is 11.2 Å². The van der Waals surface area contributed by atoms with Crippen molar-refractivity contribution in [2.24, 2.45) is 11.1 Å². The molecule has 1 heterocycles. The normalized spacial score (nSPS) is 12.1. The lowest BCUT2D eigenvalue weighted by atomic mass is 9.93. The van der Waals surface area contributed by atoms with E-state index in [9.17, 15) is 4.39 Å². The fraction of sp³-hybridized carbons (Fsp3) is 0.467. The molecule has 0 aliphatic heterocycles. The maximum atomic E-state index is 12.9. The van der Waals surface area contributed by atoms with Gasteiger partial charge < -0.3 is 10.3 Å². The summed E-state index contributed by atoms with van der Waals surface area (Å²) < 4.78 is 18.1. The first-order chi connectivity index (χ1) is 9.89. The molecule has 0 fully saturated rings. The van der Waals surface area contributed by atoms with Crippen LogP contribution in [-0.4, -0.2) is 35.2 Å². The van der Waals surface area contributed by atoms with Crippen LogP contribution in [0.3, 0.4) is 0 Å². The number of benzene rings is 1. The fourth-order valence-corrected chi connectivity index (χ4v) is 2.12. The Kier molecular flexibility index (Phi) is 4.69. The van der Waals surface area contributed by atoms with E-state index in [4.69, 9.17) is 10.3 Å². The Bertz CT molecular complexity index is 580. The molecule has 0 unspecified atom stereocenters. The molecule has 0 spiro atoms. The summed E-state index contributed by atoms with van der Waals surface area (Å²) in [4.78, 5) is 6.44. The van der Waals surface area contributed by atoms with Crippen molar-refractivity contribution in [1.82, 2.24) is 15.0 Å². The van der Waals surface area contributed by atoms with E-state index in [2.05, 4.69) is 28.9 Å². The van der Waals surface area contributed by atoms with Crippen LogP contribution >= 0.6 is 0 Å². The number of nitrogens with two attached hydrogens (primary N) is 1.